The fraction of sp³-hybridized carbons (Fsp3) is 0.222. The molecule has 0 aliphatic rings. The lowest BCUT2D eigenvalue weighted by Gasteiger charge is -2.21. The van der Waals surface area contributed by atoms with Crippen molar-refractivity contribution in [2.45, 2.75) is 13.3 Å². The zero-order valence-electron chi connectivity index (χ0n) is 13.7. The number of furan rings is 1. The van der Waals surface area contributed by atoms with Crippen molar-refractivity contribution < 1.29 is 24.2 Å². The molecule has 3 aromatic rings. The van der Waals surface area contributed by atoms with E-state index in [4.69, 9.17) is 10.2 Å². The molecule has 0 fully saturated rings. The topological polar surface area (TPSA) is 117 Å². The van der Waals surface area contributed by atoms with E-state index in [1.165, 1.54) is 13.0 Å². The quantitative estimate of drug-likeness (QED) is 0.612. The summed E-state index contributed by atoms with van der Waals surface area (Å²) >= 11 is 0. The van der Waals surface area contributed by atoms with E-state index >= 15 is 0 Å². The van der Waals surface area contributed by atoms with Gasteiger partial charge < -0.3 is 20.4 Å². The average molecular weight is 342 g/mol. The molecule has 25 heavy (non-hydrogen) atoms. The molecule has 130 valence electrons. The van der Waals surface area contributed by atoms with Crippen LogP contribution in [0.4, 0.5) is 10.5 Å². The average Bonchev–Trinajstić information content (AvgIpc) is 3.03. The Balaban J connectivity index is 2.41. The summed E-state index contributed by atoms with van der Waals surface area (Å²) in [6, 6.07) is 8.32. The van der Waals surface area contributed by atoms with Crippen LogP contribution in [0, 0.1) is 0 Å². The molecule has 0 aliphatic carbocycles. The van der Waals surface area contributed by atoms with E-state index in [1.54, 1.807) is 24.3 Å². The Bertz CT molecular complexity index is 976. The number of carboxylic acid groups (broad SMARTS) is 1. The third-order valence-electron chi connectivity index (χ3n) is 4.07. The number of benzene rings is 2. The molecule has 1 aromatic heterocycles. The number of nitrogens with two attached hydrogens (primary N) is 1. The first-order valence-corrected chi connectivity index (χ1v) is 7.84. The van der Waals surface area contributed by atoms with Crippen molar-refractivity contribution in [1.29, 1.82) is 0 Å². The van der Waals surface area contributed by atoms with Gasteiger partial charge in [-0.2, -0.15) is 0 Å². The molecular weight excluding hydrogens is 324 g/mol. The third-order valence-corrected chi connectivity index (χ3v) is 4.07. The van der Waals surface area contributed by atoms with Gasteiger partial charge in [-0.05, 0) is 19.0 Å². The molecule has 4 N–H and O–H groups in total. The van der Waals surface area contributed by atoms with Crippen molar-refractivity contribution in [1.82, 2.24) is 0 Å². The second-order valence-electron chi connectivity index (χ2n) is 5.73. The first-order chi connectivity index (χ1) is 12.0. The van der Waals surface area contributed by atoms with E-state index in [1.807, 2.05) is 0 Å². The Labute approximate surface area is 143 Å². The maximum Gasteiger partial charge on any atom is 0.411 e. The Hall–Kier alpha value is -3.06. The van der Waals surface area contributed by atoms with E-state index in [0.29, 0.717) is 34.8 Å². The highest BCUT2D eigenvalue weighted by Crippen LogP contribution is 2.43. The van der Waals surface area contributed by atoms with Gasteiger partial charge >= 0.3 is 6.09 Å². The number of nitrogens with zero attached hydrogens (tertiary/aromatic N) is 1. The predicted molar refractivity (Wildman–Crippen MR) is 94.4 cm³/mol. The molecule has 0 saturated carbocycles. The molecule has 1 amide bonds. The number of hydrogen-bond donors (Lipinski definition) is 3. The molecule has 0 atom stereocenters. The maximum absolute atomic E-state index is 11.8. The van der Waals surface area contributed by atoms with Gasteiger partial charge in [0.25, 0.3) is 0 Å². The SMILES string of the molecule is CC(=O)c1cc2c(O)c3ccccc3c(N(CCCN)C(=O)O)c2o1. The van der Waals surface area contributed by atoms with Gasteiger partial charge in [-0.15, -0.1) is 0 Å². The van der Waals surface area contributed by atoms with Gasteiger partial charge in [-0.1, -0.05) is 24.3 Å². The first kappa shape index (κ1) is 16.8. The molecule has 0 saturated heterocycles. The molecule has 0 aliphatic heterocycles. The summed E-state index contributed by atoms with van der Waals surface area (Å²) in [5.41, 5.74) is 5.99. The molecule has 0 unspecified atom stereocenters. The number of rotatable bonds is 5. The Kier molecular flexibility index (Phi) is 4.33. The second kappa shape index (κ2) is 6.45. The van der Waals surface area contributed by atoms with Crippen molar-refractivity contribution in [2.75, 3.05) is 18.0 Å². The maximum atomic E-state index is 11.8. The van der Waals surface area contributed by atoms with Crippen LogP contribution in [0.5, 0.6) is 5.75 Å². The highest BCUT2D eigenvalue weighted by Gasteiger charge is 2.25. The van der Waals surface area contributed by atoms with Gasteiger partial charge in [0.15, 0.2) is 17.1 Å². The van der Waals surface area contributed by atoms with Crippen molar-refractivity contribution in [2.24, 2.45) is 5.73 Å². The summed E-state index contributed by atoms with van der Waals surface area (Å²) < 4.78 is 5.61. The molecule has 3 rings (SSSR count). The van der Waals surface area contributed by atoms with Gasteiger partial charge in [0.1, 0.15) is 5.75 Å². The standard InChI is InChI=1S/C18H18N2O5/c1-10(21)14-9-13-16(22)12-6-3-2-5-11(12)15(17(13)25-14)20(18(23)24)8-4-7-19/h2-3,5-6,9,22H,4,7-8,19H2,1H3,(H,23,24). The number of carbonyl (C=O) groups is 2. The lowest BCUT2D eigenvalue weighted by molar-refractivity contribution is 0.0989. The molecule has 7 nitrogen and oxygen atoms in total. The number of carbonyl (C=O) groups excluding carboxylic acids is 1. The summed E-state index contributed by atoms with van der Waals surface area (Å²) in [6.45, 7) is 1.85. The number of Topliss-reactive ketones (excluding diaryl/α,β-unsaturated/α-hetero) is 1. The number of ketones is 1. The van der Waals surface area contributed by atoms with Crippen LogP contribution in [-0.4, -0.2) is 35.2 Å². The number of fused-ring (bicyclic) bond motifs is 2. The highest BCUT2D eigenvalue weighted by atomic mass is 16.4. The van der Waals surface area contributed by atoms with Crippen LogP contribution >= 0.6 is 0 Å². The minimum atomic E-state index is -1.16. The second-order valence-corrected chi connectivity index (χ2v) is 5.73. The lowest BCUT2D eigenvalue weighted by Crippen LogP contribution is -2.31. The lowest BCUT2D eigenvalue weighted by atomic mass is 10.0. The van der Waals surface area contributed by atoms with Crippen LogP contribution in [0.3, 0.4) is 0 Å². The fourth-order valence-corrected chi connectivity index (χ4v) is 2.90. The smallest absolute Gasteiger partial charge is 0.411 e. The van der Waals surface area contributed by atoms with Gasteiger partial charge in [0.05, 0.1) is 11.1 Å². The summed E-state index contributed by atoms with van der Waals surface area (Å²) in [5.74, 6) is -0.296. The van der Waals surface area contributed by atoms with E-state index in [2.05, 4.69) is 0 Å². The van der Waals surface area contributed by atoms with Crippen LogP contribution in [0.25, 0.3) is 21.7 Å². The monoisotopic (exact) mass is 342 g/mol. The number of aromatic hydroxyl groups is 1. The minimum Gasteiger partial charge on any atom is -0.507 e. The van der Waals surface area contributed by atoms with Gasteiger partial charge in [-0.25, -0.2) is 4.79 Å². The van der Waals surface area contributed by atoms with Crippen LogP contribution < -0.4 is 10.6 Å². The van der Waals surface area contributed by atoms with Gasteiger partial charge in [-0.3, -0.25) is 9.69 Å². The van der Waals surface area contributed by atoms with E-state index < -0.39 is 6.09 Å². The normalized spacial score (nSPS) is 11.1. The predicted octanol–water partition coefficient (Wildman–Crippen LogP) is 3.33. The Morgan fingerprint density at radius 3 is 2.48 bits per heavy atom. The zero-order valence-corrected chi connectivity index (χ0v) is 13.7. The summed E-state index contributed by atoms with van der Waals surface area (Å²) in [4.78, 5) is 24.7. The van der Waals surface area contributed by atoms with Crippen LogP contribution in [0.1, 0.15) is 23.9 Å². The first-order valence-electron chi connectivity index (χ1n) is 7.84. The minimum absolute atomic E-state index is 0.0465. The molecule has 0 radical (unpaired) electrons. The molecule has 0 bridgehead atoms. The van der Waals surface area contributed by atoms with Crippen molar-refractivity contribution in [3.05, 3.63) is 36.1 Å². The van der Waals surface area contributed by atoms with E-state index in [0.717, 1.165) is 4.90 Å². The molecular formula is C18H18N2O5. The van der Waals surface area contributed by atoms with E-state index in [-0.39, 0.29) is 29.4 Å². The summed E-state index contributed by atoms with van der Waals surface area (Å²) in [5, 5.41) is 21.6. The molecule has 0 spiro atoms. The summed E-state index contributed by atoms with van der Waals surface area (Å²) in [6.07, 6.45) is -0.699. The number of amides is 1. The van der Waals surface area contributed by atoms with Crippen molar-refractivity contribution >= 4 is 39.3 Å². The number of phenolic OH excluding ortho intramolecular Hbond substituents is 1. The number of anilines is 1. The van der Waals surface area contributed by atoms with Crippen LogP contribution in [-0.2, 0) is 0 Å². The number of phenols is 1. The fourth-order valence-electron chi connectivity index (χ4n) is 2.90. The Morgan fingerprint density at radius 2 is 1.88 bits per heavy atom. The highest BCUT2D eigenvalue weighted by molar-refractivity contribution is 6.18. The molecule has 7 heteroatoms. The summed E-state index contributed by atoms with van der Waals surface area (Å²) in [7, 11) is 0. The van der Waals surface area contributed by atoms with E-state index in [9.17, 15) is 19.8 Å². The van der Waals surface area contributed by atoms with Crippen molar-refractivity contribution in [3.63, 3.8) is 0 Å². The van der Waals surface area contributed by atoms with Gasteiger partial charge in [0.2, 0.25) is 0 Å². The van der Waals surface area contributed by atoms with Crippen LogP contribution in [0.2, 0.25) is 0 Å². The Morgan fingerprint density at radius 1 is 1.20 bits per heavy atom. The van der Waals surface area contributed by atoms with Gasteiger partial charge in [0, 0.05) is 24.2 Å². The molecule has 1 heterocycles. The van der Waals surface area contributed by atoms with Crippen LogP contribution in [0.15, 0.2) is 34.7 Å². The third kappa shape index (κ3) is 2.78. The van der Waals surface area contributed by atoms with Crippen molar-refractivity contribution in [3.8, 4) is 5.75 Å². The number of hydrogen-bond acceptors (Lipinski definition) is 5. The zero-order chi connectivity index (χ0) is 18.1. The molecule has 2 aromatic carbocycles. The largest absolute Gasteiger partial charge is 0.507 e.